The number of methoxy groups -OCH3 is 1. The second-order valence-corrected chi connectivity index (χ2v) is 10.1. The topological polar surface area (TPSA) is 87.7 Å². The van der Waals surface area contributed by atoms with Crippen molar-refractivity contribution in [1.82, 2.24) is 10.2 Å². The second kappa shape index (κ2) is 10.9. The molecule has 1 atom stereocenters. The molecule has 9 heteroatoms. The van der Waals surface area contributed by atoms with Crippen LogP contribution in [-0.2, 0) is 10.0 Å². The summed E-state index contributed by atoms with van der Waals surface area (Å²) in [7, 11) is -2.33. The zero-order valence-corrected chi connectivity index (χ0v) is 20.2. The number of sulfonamides is 1. The molecule has 0 spiro atoms. The maximum absolute atomic E-state index is 13.1. The van der Waals surface area contributed by atoms with E-state index in [-0.39, 0.29) is 28.1 Å². The monoisotopic (exact) mass is 497 g/mol. The Bertz CT molecular complexity index is 1260. The van der Waals surface area contributed by atoms with Crippen LogP contribution in [0.4, 0.5) is 10.1 Å². The average Bonchev–Trinajstić information content (AvgIpc) is 3.40. The van der Waals surface area contributed by atoms with E-state index in [1.807, 2.05) is 24.3 Å². The minimum absolute atomic E-state index is 0.000542. The third-order valence-electron chi connectivity index (χ3n) is 6.04. The molecule has 0 unspecified atom stereocenters. The van der Waals surface area contributed by atoms with Crippen LogP contribution in [-0.4, -0.2) is 46.0 Å². The van der Waals surface area contributed by atoms with E-state index in [0.717, 1.165) is 37.2 Å². The third kappa shape index (κ3) is 6.17. The Morgan fingerprint density at radius 3 is 2.37 bits per heavy atom. The number of ether oxygens (including phenoxy) is 1. The molecule has 0 aliphatic carbocycles. The van der Waals surface area contributed by atoms with Crippen LogP contribution in [0.3, 0.4) is 0 Å². The summed E-state index contributed by atoms with van der Waals surface area (Å²) in [5, 5.41) is 2.97. The summed E-state index contributed by atoms with van der Waals surface area (Å²) in [4.78, 5) is 15.3. The smallest absolute Gasteiger partial charge is 0.261 e. The highest BCUT2D eigenvalue weighted by atomic mass is 32.2. The van der Waals surface area contributed by atoms with E-state index >= 15 is 0 Å². The zero-order valence-electron chi connectivity index (χ0n) is 19.4. The lowest BCUT2D eigenvalue weighted by Crippen LogP contribution is -2.36. The molecule has 1 heterocycles. The average molecular weight is 498 g/mol. The van der Waals surface area contributed by atoms with Crippen molar-refractivity contribution in [2.24, 2.45) is 0 Å². The Kier molecular flexibility index (Phi) is 7.67. The molecule has 3 aromatic carbocycles. The van der Waals surface area contributed by atoms with Gasteiger partial charge in [0, 0.05) is 17.8 Å². The molecule has 4 rings (SSSR count). The number of amides is 1. The fourth-order valence-electron chi connectivity index (χ4n) is 4.17. The van der Waals surface area contributed by atoms with E-state index < -0.39 is 15.8 Å². The first-order valence-corrected chi connectivity index (χ1v) is 12.9. The van der Waals surface area contributed by atoms with Gasteiger partial charge in [-0.2, -0.15) is 0 Å². The molecular formula is C26H28FN3O4S. The van der Waals surface area contributed by atoms with Crippen LogP contribution in [0, 0.1) is 5.82 Å². The molecule has 1 amide bonds. The highest BCUT2D eigenvalue weighted by molar-refractivity contribution is 7.92. The summed E-state index contributed by atoms with van der Waals surface area (Å²) < 4.78 is 46.4. The maximum Gasteiger partial charge on any atom is 0.261 e. The van der Waals surface area contributed by atoms with Gasteiger partial charge in [0.1, 0.15) is 11.6 Å². The van der Waals surface area contributed by atoms with Gasteiger partial charge in [-0.3, -0.25) is 14.4 Å². The molecule has 2 N–H and O–H groups in total. The molecule has 0 bridgehead atoms. The molecule has 0 radical (unpaired) electrons. The van der Waals surface area contributed by atoms with Crippen LogP contribution in [0.5, 0.6) is 5.75 Å². The lowest BCUT2D eigenvalue weighted by Gasteiger charge is -2.28. The van der Waals surface area contributed by atoms with Crippen molar-refractivity contribution in [3.8, 4) is 5.75 Å². The lowest BCUT2D eigenvalue weighted by atomic mass is 10.0. The zero-order chi connectivity index (χ0) is 24.8. The molecule has 7 nitrogen and oxygen atoms in total. The van der Waals surface area contributed by atoms with Gasteiger partial charge in [0.05, 0.1) is 18.0 Å². The number of nitrogens with one attached hydrogen (secondary N) is 2. The summed E-state index contributed by atoms with van der Waals surface area (Å²) in [6.45, 7) is 2.29. The number of carbonyl (C=O) groups excluding carboxylic acids is 1. The van der Waals surface area contributed by atoms with Crippen molar-refractivity contribution < 1.29 is 22.3 Å². The molecule has 1 fully saturated rings. The number of hydrogen-bond acceptors (Lipinski definition) is 5. The Morgan fingerprint density at radius 2 is 1.71 bits per heavy atom. The van der Waals surface area contributed by atoms with E-state index in [2.05, 4.69) is 14.9 Å². The van der Waals surface area contributed by atoms with Gasteiger partial charge in [0.2, 0.25) is 0 Å². The van der Waals surface area contributed by atoms with Gasteiger partial charge in [-0.15, -0.1) is 0 Å². The van der Waals surface area contributed by atoms with Crippen molar-refractivity contribution in [2.75, 3.05) is 31.5 Å². The van der Waals surface area contributed by atoms with Crippen molar-refractivity contribution in [3.05, 3.63) is 89.7 Å². The molecule has 35 heavy (non-hydrogen) atoms. The van der Waals surface area contributed by atoms with E-state index in [0.29, 0.717) is 6.54 Å². The van der Waals surface area contributed by atoms with Crippen molar-refractivity contribution >= 4 is 21.6 Å². The second-order valence-electron chi connectivity index (χ2n) is 8.38. The molecule has 0 aromatic heterocycles. The predicted octanol–water partition coefficient (Wildman–Crippen LogP) is 4.20. The van der Waals surface area contributed by atoms with Crippen LogP contribution in [0.2, 0.25) is 0 Å². The Morgan fingerprint density at radius 1 is 1.03 bits per heavy atom. The number of likely N-dealkylation sites (tertiary alicyclic amines) is 1. The SMILES string of the molecule is COc1ccc([C@H](CNC(=O)c2cccc(S(=O)(=O)Nc3ccc(F)cc3)c2)N2CCCC2)cc1. The van der Waals surface area contributed by atoms with Crippen LogP contribution in [0.25, 0.3) is 0 Å². The molecule has 1 aliphatic heterocycles. The van der Waals surface area contributed by atoms with Crippen molar-refractivity contribution in [3.63, 3.8) is 0 Å². The minimum Gasteiger partial charge on any atom is -0.497 e. The van der Waals surface area contributed by atoms with Gasteiger partial charge in [0.25, 0.3) is 15.9 Å². The summed E-state index contributed by atoms with van der Waals surface area (Å²) in [5.74, 6) is -0.0553. The maximum atomic E-state index is 13.1. The summed E-state index contributed by atoms with van der Waals surface area (Å²) in [6, 6.07) is 18.7. The van der Waals surface area contributed by atoms with Crippen molar-refractivity contribution in [1.29, 1.82) is 0 Å². The van der Waals surface area contributed by atoms with E-state index in [4.69, 9.17) is 4.74 Å². The van der Waals surface area contributed by atoms with Gasteiger partial charge in [-0.05, 0) is 86.1 Å². The van der Waals surface area contributed by atoms with Crippen LogP contribution in [0.1, 0.15) is 34.8 Å². The Hall–Kier alpha value is -3.43. The first-order chi connectivity index (χ1) is 16.9. The lowest BCUT2D eigenvalue weighted by molar-refractivity contribution is 0.0937. The highest BCUT2D eigenvalue weighted by Gasteiger charge is 2.24. The predicted molar refractivity (Wildman–Crippen MR) is 133 cm³/mol. The van der Waals surface area contributed by atoms with Gasteiger partial charge in [0.15, 0.2) is 0 Å². The number of benzene rings is 3. The van der Waals surface area contributed by atoms with E-state index in [1.165, 1.54) is 42.5 Å². The molecule has 1 saturated heterocycles. The summed E-state index contributed by atoms with van der Waals surface area (Å²) >= 11 is 0. The fraction of sp³-hybridized carbons (Fsp3) is 0.269. The Balaban J connectivity index is 1.47. The van der Waals surface area contributed by atoms with Crippen LogP contribution < -0.4 is 14.8 Å². The normalized spacial score (nSPS) is 14.9. The Labute approximate surface area is 205 Å². The molecule has 0 saturated carbocycles. The summed E-state index contributed by atoms with van der Waals surface area (Å²) in [5.41, 5.74) is 1.55. The van der Waals surface area contributed by atoms with E-state index in [9.17, 15) is 17.6 Å². The molecule has 184 valence electrons. The first-order valence-electron chi connectivity index (χ1n) is 11.4. The fourth-order valence-corrected chi connectivity index (χ4v) is 5.27. The van der Waals surface area contributed by atoms with Crippen LogP contribution >= 0.6 is 0 Å². The van der Waals surface area contributed by atoms with Gasteiger partial charge in [-0.1, -0.05) is 18.2 Å². The van der Waals surface area contributed by atoms with Gasteiger partial charge < -0.3 is 10.1 Å². The standard InChI is InChI=1S/C26H28FN3O4S/c1-34-23-13-7-19(8-14-23)25(30-15-2-3-16-30)18-28-26(31)20-5-4-6-24(17-20)35(32,33)29-22-11-9-21(27)10-12-22/h4-14,17,25,29H,2-3,15-16,18H2,1H3,(H,28,31)/t25-/m0/s1. The number of hydrogen-bond donors (Lipinski definition) is 2. The molecule has 3 aromatic rings. The quantitative estimate of drug-likeness (QED) is 0.463. The number of carbonyl (C=O) groups is 1. The molecular weight excluding hydrogens is 469 g/mol. The number of halogens is 1. The third-order valence-corrected chi connectivity index (χ3v) is 7.42. The van der Waals surface area contributed by atoms with Crippen molar-refractivity contribution in [2.45, 2.75) is 23.8 Å². The highest BCUT2D eigenvalue weighted by Crippen LogP contribution is 2.26. The number of rotatable bonds is 9. The van der Waals surface area contributed by atoms with E-state index in [1.54, 1.807) is 13.2 Å². The first kappa shape index (κ1) is 24.7. The van der Waals surface area contributed by atoms with Crippen LogP contribution in [0.15, 0.2) is 77.7 Å². The largest absolute Gasteiger partial charge is 0.497 e. The number of anilines is 1. The van der Waals surface area contributed by atoms with Gasteiger partial charge >= 0.3 is 0 Å². The summed E-state index contributed by atoms with van der Waals surface area (Å²) in [6.07, 6.45) is 2.23. The minimum atomic E-state index is -3.95. The van der Waals surface area contributed by atoms with Gasteiger partial charge in [-0.25, -0.2) is 12.8 Å². The molecule has 1 aliphatic rings. The number of nitrogens with zero attached hydrogens (tertiary/aromatic N) is 1.